The summed E-state index contributed by atoms with van der Waals surface area (Å²) in [7, 11) is 5.89. The maximum Gasteiger partial charge on any atom is -0.00407 e. The van der Waals surface area contributed by atoms with E-state index in [1.807, 2.05) is 18.0 Å². The van der Waals surface area contributed by atoms with Gasteiger partial charge in [0.1, 0.15) is 0 Å². The molecule has 0 saturated carbocycles. The Morgan fingerprint density at radius 1 is 0.938 bits per heavy atom. The van der Waals surface area contributed by atoms with Gasteiger partial charge in [0.05, 0.1) is 0 Å². The van der Waals surface area contributed by atoms with Crippen molar-refractivity contribution in [1.82, 2.24) is 4.90 Å². The molecule has 0 heterocycles. The molecule has 0 aromatic heterocycles. The predicted molar refractivity (Wildman–Crippen MR) is 68.7 cm³/mol. The van der Waals surface area contributed by atoms with E-state index in [0.29, 0.717) is 0 Å². The molecule has 0 amide bonds. The van der Waals surface area contributed by atoms with Crippen LogP contribution in [-0.4, -0.2) is 11.9 Å². The van der Waals surface area contributed by atoms with Crippen molar-refractivity contribution in [3.8, 4) is 11.1 Å². The number of nitrogens with zero attached hydrogens (tertiary/aromatic N) is 1. The zero-order chi connectivity index (χ0) is 11.4. The molecule has 0 aliphatic rings. The number of hydrogen-bond acceptors (Lipinski definition) is 1. The van der Waals surface area contributed by atoms with Crippen molar-refractivity contribution in [3.63, 3.8) is 0 Å². The van der Waals surface area contributed by atoms with E-state index in [9.17, 15) is 0 Å². The van der Waals surface area contributed by atoms with E-state index in [0.717, 1.165) is 6.54 Å². The van der Waals surface area contributed by atoms with Gasteiger partial charge in [-0.15, -0.1) is 0 Å². The molecule has 0 aliphatic carbocycles. The van der Waals surface area contributed by atoms with Gasteiger partial charge in [0.25, 0.3) is 0 Å². The van der Waals surface area contributed by atoms with Crippen LogP contribution in [-0.2, 0) is 6.54 Å². The van der Waals surface area contributed by atoms with Crippen LogP contribution in [0.5, 0.6) is 0 Å². The minimum Gasteiger partial charge on any atom is -0.458 e. The van der Waals surface area contributed by atoms with Gasteiger partial charge in [-0.05, 0) is 30.3 Å². The van der Waals surface area contributed by atoms with E-state index in [4.69, 9.17) is 0 Å². The van der Waals surface area contributed by atoms with Gasteiger partial charge < -0.3 is 4.90 Å². The van der Waals surface area contributed by atoms with E-state index in [2.05, 4.69) is 55.6 Å². The zero-order valence-electron chi connectivity index (χ0n) is 9.56. The number of benzene rings is 2. The summed E-state index contributed by atoms with van der Waals surface area (Å²) < 4.78 is 0. The first-order chi connectivity index (χ1) is 7.77. The SMILES string of the molecule is [CH2-]N(C)Cc1ccccc1-c1ccccc1. The Balaban J connectivity index is 2.41. The molecule has 2 rings (SSSR count). The van der Waals surface area contributed by atoms with Crippen LogP contribution >= 0.6 is 0 Å². The second-order valence-electron chi connectivity index (χ2n) is 4.04. The summed E-state index contributed by atoms with van der Waals surface area (Å²) in [6.07, 6.45) is 0. The zero-order valence-corrected chi connectivity index (χ0v) is 9.56. The van der Waals surface area contributed by atoms with Crippen LogP contribution in [0.4, 0.5) is 0 Å². The summed E-state index contributed by atoms with van der Waals surface area (Å²) in [5.74, 6) is 0. The molecule has 0 fully saturated rings. The summed E-state index contributed by atoms with van der Waals surface area (Å²) >= 11 is 0. The molecule has 0 saturated heterocycles. The van der Waals surface area contributed by atoms with Crippen LogP contribution in [0.15, 0.2) is 54.6 Å². The van der Waals surface area contributed by atoms with Crippen LogP contribution < -0.4 is 0 Å². The Labute approximate surface area is 97.3 Å². The molecule has 0 aliphatic heterocycles. The summed E-state index contributed by atoms with van der Waals surface area (Å²) in [6.45, 7) is 0.866. The third-order valence-corrected chi connectivity index (χ3v) is 2.54. The summed E-state index contributed by atoms with van der Waals surface area (Å²) in [5, 5.41) is 0. The van der Waals surface area contributed by atoms with Crippen LogP contribution in [0.25, 0.3) is 11.1 Å². The lowest BCUT2D eigenvalue weighted by molar-refractivity contribution is 0.445. The first-order valence-corrected chi connectivity index (χ1v) is 5.42. The van der Waals surface area contributed by atoms with E-state index in [1.54, 1.807) is 0 Å². The molecule has 16 heavy (non-hydrogen) atoms. The molecule has 0 atom stereocenters. The standard InChI is InChI=1S/C15H16N/c1-16(2)12-14-10-6-7-11-15(14)13-8-4-3-5-9-13/h3-11H,1,12H2,2H3/q-1. The van der Waals surface area contributed by atoms with E-state index in [-0.39, 0.29) is 0 Å². The third kappa shape index (κ3) is 2.50. The second-order valence-corrected chi connectivity index (χ2v) is 4.04. The third-order valence-electron chi connectivity index (χ3n) is 2.54. The highest BCUT2D eigenvalue weighted by atomic mass is 15.0. The fourth-order valence-electron chi connectivity index (χ4n) is 1.85. The van der Waals surface area contributed by atoms with Crippen molar-refractivity contribution in [1.29, 1.82) is 0 Å². The van der Waals surface area contributed by atoms with E-state index in [1.165, 1.54) is 16.7 Å². The Hall–Kier alpha value is -1.60. The Bertz CT molecular complexity index is 446. The van der Waals surface area contributed by atoms with Crippen LogP contribution in [0.2, 0.25) is 0 Å². The van der Waals surface area contributed by atoms with Crippen LogP contribution in [0.3, 0.4) is 0 Å². The molecule has 82 valence electrons. The molecular weight excluding hydrogens is 194 g/mol. The first-order valence-electron chi connectivity index (χ1n) is 5.42. The first kappa shape index (κ1) is 10.9. The van der Waals surface area contributed by atoms with E-state index < -0.39 is 0 Å². The number of rotatable bonds is 3. The molecular formula is C15H16N-. The molecule has 0 bridgehead atoms. The Morgan fingerprint density at radius 3 is 2.25 bits per heavy atom. The number of hydrogen-bond donors (Lipinski definition) is 0. The lowest BCUT2D eigenvalue weighted by Gasteiger charge is -2.20. The van der Waals surface area contributed by atoms with Gasteiger partial charge in [-0.2, -0.15) is 0 Å². The van der Waals surface area contributed by atoms with Crippen LogP contribution in [0, 0.1) is 7.05 Å². The lowest BCUT2D eigenvalue weighted by Crippen LogP contribution is -2.08. The van der Waals surface area contributed by atoms with Crippen LogP contribution in [0.1, 0.15) is 5.56 Å². The monoisotopic (exact) mass is 210 g/mol. The van der Waals surface area contributed by atoms with Crippen molar-refractivity contribution in [2.24, 2.45) is 0 Å². The Kier molecular flexibility index (Phi) is 3.37. The maximum absolute atomic E-state index is 3.90. The van der Waals surface area contributed by atoms with Gasteiger partial charge >= 0.3 is 0 Å². The smallest absolute Gasteiger partial charge is 0.00407 e. The normalized spacial score (nSPS) is 10.7. The predicted octanol–water partition coefficient (Wildman–Crippen LogP) is 3.58. The highest BCUT2D eigenvalue weighted by Crippen LogP contribution is 2.23. The topological polar surface area (TPSA) is 3.24 Å². The average Bonchev–Trinajstić information content (AvgIpc) is 2.30. The molecule has 2 aromatic rings. The maximum atomic E-state index is 3.90. The molecule has 0 radical (unpaired) electrons. The van der Waals surface area contributed by atoms with Gasteiger partial charge in [-0.3, -0.25) is 7.05 Å². The van der Waals surface area contributed by atoms with Crippen molar-refractivity contribution in [2.45, 2.75) is 6.54 Å². The summed E-state index contributed by atoms with van der Waals surface area (Å²) in [5.41, 5.74) is 3.87. The highest BCUT2D eigenvalue weighted by molar-refractivity contribution is 5.67. The van der Waals surface area contributed by atoms with Gasteiger partial charge in [0.2, 0.25) is 0 Å². The summed E-state index contributed by atoms with van der Waals surface area (Å²) in [6, 6.07) is 18.9. The van der Waals surface area contributed by atoms with Gasteiger partial charge in [-0.25, -0.2) is 0 Å². The van der Waals surface area contributed by atoms with Crippen molar-refractivity contribution >= 4 is 0 Å². The van der Waals surface area contributed by atoms with Crippen molar-refractivity contribution < 1.29 is 0 Å². The quantitative estimate of drug-likeness (QED) is 0.700. The largest absolute Gasteiger partial charge is 0.458 e. The van der Waals surface area contributed by atoms with Gasteiger partial charge in [0, 0.05) is 0 Å². The average molecular weight is 210 g/mol. The van der Waals surface area contributed by atoms with Gasteiger partial charge in [-0.1, -0.05) is 54.6 Å². The molecule has 2 aromatic carbocycles. The molecule has 0 N–H and O–H groups in total. The molecule has 1 nitrogen and oxygen atoms in total. The summed E-state index contributed by atoms with van der Waals surface area (Å²) in [4.78, 5) is 1.95. The molecule has 0 spiro atoms. The minimum absolute atomic E-state index is 0.866. The lowest BCUT2D eigenvalue weighted by atomic mass is 9.99. The fraction of sp³-hybridized carbons (Fsp3) is 0.133. The molecule has 0 unspecified atom stereocenters. The van der Waals surface area contributed by atoms with E-state index >= 15 is 0 Å². The fourth-order valence-corrected chi connectivity index (χ4v) is 1.85. The highest BCUT2D eigenvalue weighted by Gasteiger charge is 2.02. The van der Waals surface area contributed by atoms with Crippen molar-refractivity contribution in [2.75, 3.05) is 7.05 Å². The molecule has 1 heteroatoms. The Morgan fingerprint density at radius 2 is 1.56 bits per heavy atom. The second kappa shape index (κ2) is 4.95. The van der Waals surface area contributed by atoms with Crippen molar-refractivity contribution in [3.05, 3.63) is 67.2 Å². The minimum atomic E-state index is 0.866. The van der Waals surface area contributed by atoms with Gasteiger partial charge in [0.15, 0.2) is 0 Å².